The normalized spacial score (nSPS) is 15.9. The van der Waals surface area contributed by atoms with E-state index in [1.807, 2.05) is 42.5 Å². The molecule has 0 aromatic heterocycles. The highest BCUT2D eigenvalue weighted by Gasteiger charge is 2.24. The number of rotatable bonds is 5. The molecule has 1 N–H and O–H groups in total. The second-order valence-electron chi connectivity index (χ2n) is 6.52. The van der Waals surface area contributed by atoms with Crippen LogP contribution in [0, 0.1) is 5.92 Å². The first-order valence-corrected chi connectivity index (χ1v) is 9.35. The summed E-state index contributed by atoms with van der Waals surface area (Å²) in [5, 5.41) is 4.52. The van der Waals surface area contributed by atoms with Gasteiger partial charge in [-0.3, -0.25) is 9.69 Å². The zero-order valence-corrected chi connectivity index (χ0v) is 15.6. The third kappa shape index (κ3) is 5.46. The standard InChI is InChI=1S/C20H22Cl2N2O/c21-18-6-4-15(5-7-18)13-23-20(25)17-8-10-24(11-9-17)14-16-2-1-3-19(22)12-16/h1-7,12,17H,8-11,13-14H2,(H,23,25). The van der Waals surface area contributed by atoms with E-state index < -0.39 is 0 Å². The Morgan fingerprint density at radius 1 is 1.00 bits per heavy atom. The molecule has 0 radical (unpaired) electrons. The van der Waals surface area contributed by atoms with Crippen molar-refractivity contribution in [2.45, 2.75) is 25.9 Å². The predicted molar refractivity (Wildman–Crippen MR) is 103 cm³/mol. The SMILES string of the molecule is O=C(NCc1ccc(Cl)cc1)C1CCN(Cc2cccc(Cl)c2)CC1. The van der Waals surface area contributed by atoms with Gasteiger partial charge in [-0.25, -0.2) is 0 Å². The van der Waals surface area contributed by atoms with E-state index in [9.17, 15) is 4.79 Å². The minimum absolute atomic E-state index is 0.0999. The summed E-state index contributed by atoms with van der Waals surface area (Å²) in [6.45, 7) is 3.31. The van der Waals surface area contributed by atoms with Crippen LogP contribution in [-0.2, 0) is 17.9 Å². The first-order chi connectivity index (χ1) is 12.1. The van der Waals surface area contributed by atoms with Crippen LogP contribution in [0.1, 0.15) is 24.0 Å². The van der Waals surface area contributed by atoms with Crippen molar-refractivity contribution in [2.75, 3.05) is 13.1 Å². The first-order valence-electron chi connectivity index (χ1n) is 8.59. The molecule has 0 aliphatic carbocycles. The van der Waals surface area contributed by atoms with Gasteiger partial charge in [0.2, 0.25) is 5.91 Å². The number of piperidine rings is 1. The number of carbonyl (C=O) groups is 1. The fourth-order valence-electron chi connectivity index (χ4n) is 3.18. The van der Waals surface area contributed by atoms with E-state index in [1.54, 1.807) is 0 Å². The molecule has 1 aliphatic heterocycles. The fourth-order valence-corrected chi connectivity index (χ4v) is 3.52. The molecule has 0 atom stereocenters. The van der Waals surface area contributed by atoms with Gasteiger partial charge in [0, 0.05) is 29.1 Å². The highest BCUT2D eigenvalue weighted by molar-refractivity contribution is 6.30. The smallest absolute Gasteiger partial charge is 0.223 e. The van der Waals surface area contributed by atoms with Crippen LogP contribution in [0.15, 0.2) is 48.5 Å². The third-order valence-corrected chi connectivity index (χ3v) is 5.12. The average molecular weight is 377 g/mol. The summed E-state index contributed by atoms with van der Waals surface area (Å²) in [6, 6.07) is 15.5. The summed E-state index contributed by atoms with van der Waals surface area (Å²) in [5.41, 5.74) is 2.29. The number of nitrogens with one attached hydrogen (secondary N) is 1. The van der Waals surface area contributed by atoms with E-state index in [0.29, 0.717) is 11.6 Å². The number of amides is 1. The van der Waals surface area contributed by atoms with Crippen LogP contribution in [0.3, 0.4) is 0 Å². The number of halogens is 2. The molecule has 1 amide bonds. The quantitative estimate of drug-likeness (QED) is 0.831. The monoisotopic (exact) mass is 376 g/mol. The zero-order chi connectivity index (χ0) is 17.6. The Bertz CT molecular complexity index is 710. The number of hydrogen-bond donors (Lipinski definition) is 1. The topological polar surface area (TPSA) is 32.3 Å². The summed E-state index contributed by atoms with van der Waals surface area (Å²) >= 11 is 11.9. The molecule has 132 valence electrons. The van der Waals surface area contributed by atoms with Crippen LogP contribution in [0.25, 0.3) is 0 Å². The molecule has 1 heterocycles. The molecule has 3 nitrogen and oxygen atoms in total. The Kier molecular flexibility index (Phi) is 6.35. The average Bonchev–Trinajstić information content (AvgIpc) is 2.62. The fraction of sp³-hybridized carbons (Fsp3) is 0.350. The molecule has 3 rings (SSSR count). The van der Waals surface area contributed by atoms with Crippen LogP contribution in [-0.4, -0.2) is 23.9 Å². The van der Waals surface area contributed by atoms with E-state index in [1.165, 1.54) is 5.56 Å². The van der Waals surface area contributed by atoms with Gasteiger partial charge in [-0.05, 0) is 61.3 Å². The summed E-state index contributed by atoms with van der Waals surface area (Å²) < 4.78 is 0. The van der Waals surface area contributed by atoms with Crippen molar-refractivity contribution in [3.05, 3.63) is 69.7 Å². The molecule has 0 saturated carbocycles. The number of hydrogen-bond acceptors (Lipinski definition) is 2. The van der Waals surface area contributed by atoms with Crippen molar-refractivity contribution < 1.29 is 4.79 Å². The van der Waals surface area contributed by atoms with Crippen LogP contribution in [0.5, 0.6) is 0 Å². The Balaban J connectivity index is 1.43. The van der Waals surface area contributed by atoms with E-state index >= 15 is 0 Å². The summed E-state index contributed by atoms with van der Waals surface area (Å²) in [4.78, 5) is 14.8. The van der Waals surface area contributed by atoms with Crippen LogP contribution in [0.2, 0.25) is 10.0 Å². The number of nitrogens with zero attached hydrogens (tertiary/aromatic N) is 1. The van der Waals surface area contributed by atoms with Crippen molar-refractivity contribution >= 4 is 29.1 Å². The largest absolute Gasteiger partial charge is 0.352 e. The van der Waals surface area contributed by atoms with Crippen molar-refractivity contribution in [3.63, 3.8) is 0 Å². The molecule has 1 saturated heterocycles. The van der Waals surface area contributed by atoms with Crippen molar-refractivity contribution in [2.24, 2.45) is 5.92 Å². The minimum atomic E-state index is 0.0999. The lowest BCUT2D eigenvalue weighted by molar-refractivity contribution is -0.126. The van der Waals surface area contributed by atoms with Gasteiger partial charge in [0.15, 0.2) is 0 Å². The summed E-state index contributed by atoms with van der Waals surface area (Å²) in [7, 11) is 0. The van der Waals surface area contributed by atoms with Crippen LogP contribution >= 0.6 is 23.2 Å². The lowest BCUT2D eigenvalue weighted by Gasteiger charge is -2.31. The Morgan fingerprint density at radius 3 is 2.40 bits per heavy atom. The second-order valence-corrected chi connectivity index (χ2v) is 7.40. The van der Waals surface area contributed by atoms with Gasteiger partial charge >= 0.3 is 0 Å². The first kappa shape index (κ1) is 18.2. The molecular weight excluding hydrogens is 355 g/mol. The molecule has 25 heavy (non-hydrogen) atoms. The van der Waals surface area contributed by atoms with Crippen LogP contribution < -0.4 is 5.32 Å². The van der Waals surface area contributed by atoms with Crippen molar-refractivity contribution in [3.8, 4) is 0 Å². The van der Waals surface area contributed by atoms with E-state index in [4.69, 9.17) is 23.2 Å². The van der Waals surface area contributed by atoms with E-state index in [0.717, 1.165) is 43.1 Å². The van der Waals surface area contributed by atoms with E-state index in [2.05, 4.69) is 16.3 Å². The highest BCUT2D eigenvalue weighted by Crippen LogP contribution is 2.20. The van der Waals surface area contributed by atoms with Gasteiger partial charge in [-0.1, -0.05) is 47.5 Å². The molecule has 0 unspecified atom stereocenters. The molecule has 5 heteroatoms. The Labute approximate surface area is 158 Å². The van der Waals surface area contributed by atoms with Gasteiger partial charge in [0.1, 0.15) is 0 Å². The highest BCUT2D eigenvalue weighted by atomic mass is 35.5. The number of benzene rings is 2. The molecule has 2 aromatic rings. The minimum Gasteiger partial charge on any atom is -0.352 e. The lowest BCUT2D eigenvalue weighted by atomic mass is 9.95. The lowest BCUT2D eigenvalue weighted by Crippen LogP contribution is -2.40. The van der Waals surface area contributed by atoms with E-state index in [-0.39, 0.29) is 11.8 Å². The Morgan fingerprint density at radius 2 is 1.72 bits per heavy atom. The molecule has 0 bridgehead atoms. The summed E-state index contributed by atoms with van der Waals surface area (Å²) in [5.74, 6) is 0.250. The van der Waals surface area contributed by atoms with Crippen molar-refractivity contribution in [1.29, 1.82) is 0 Å². The number of carbonyl (C=O) groups excluding carboxylic acids is 1. The maximum atomic E-state index is 12.4. The number of likely N-dealkylation sites (tertiary alicyclic amines) is 1. The molecular formula is C20H22Cl2N2O. The molecule has 2 aromatic carbocycles. The molecule has 0 spiro atoms. The van der Waals surface area contributed by atoms with Gasteiger partial charge in [0.05, 0.1) is 0 Å². The predicted octanol–water partition coefficient (Wildman–Crippen LogP) is 4.52. The zero-order valence-electron chi connectivity index (χ0n) is 14.1. The van der Waals surface area contributed by atoms with Gasteiger partial charge in [-0.15, -0.1) is 0 Å². The molecule has 1 fully saturated rings. The van der Waals surface area contributed by atoms with Crippen LogP contribution in [0.4, 0.5) is 0 Å². The third-order valence-electron chi connectivity index (χ3n) is 4.63. The van der Waals surface area contributed by atoms with Gasteiger partial charge in [-0.2, -0.15) is 0 Å². The van der Waals surface area contributed by atoms with Gasteiger partial charge in [0.25, 0.3) is 0 Å². The second kappa shape index (κ2) is 8.70. The van der Waals surface area contributed by atoms with Crippen molar-refractivity contribution in [1.82, 2.24) is 10.2 Å². The van der Waals surface area contributed by atoms with Gasteiger partial charge < -0.3 is 5.32 Å². The Hall–Kier alpha value is -1.55. The summed E-state index contributed by atoms with van der Waals surface area (Å²) in [6.07, 6.45) is 1.79. The molecule has 1 aliphatic rings. The maximum Gasteiger partial charge on any atom is 0.223 e. The maximum absolute atomic E-state index is 12.4.